The second-order valence-corrected chi connectivity index (χ2v) is 5.59. The van der Waals surface area contributed by atoms with Gasteiger partial charge in [-0.25, -0.2) is 4.39 Å². The summed E-state index contributed by atoms with van der Waals surface area (Å²) in [6, 6.07) is 15.3. The van der Waals surface area contributed by atoms with Gasteiger partial charge in [0.15, 0.2) is 0 Å². The summed E-state index contributed by atoms with van der Waals surface area (Å²) in [6.45, 7) is 1.67. The fraction of sp³-hybridized carbons (Fsp3) is 0.235. The summed E-state index contributed by atoms with van der Waals surface area (Å²) < 4.78 is 13.5. The summed E-state index contributed by atoms with van der Waals surface area (Å²) in [5.41, 5.74) is 8.17. The van der Waals surface area contributed by atoms with Crippen LogP contribution in [0.3, 0.4) is 0 Å². The standard InChI is InChI=1S/C17H19FN2S/c1-20(10-9-13-5-3-2-4-6-13)12-14-7-8-16(18)15(11-14)17(19)21/h2-8,11H,9-10,12H2,1H3,(H2,19,21). The van der Waals surface area contributed by atoms with Crippen LogP contribution in [-0.4, -0.2) is 23.5 Å². The number of nitrogens with zero attached hydrogens (tertiary/aromatic N) is 1. The monoisotopic (exact) mass is 302 g/mol. The second-order valence-electron chi connectivity index (χ2n) is 5.15. The van der Waals surface area contributed by atoms with Gasteiger partial charge >= 0.3 is 0 Å². The number of thiocarbonyl (C=S) groups is 1. The Balaban J connectivity index is 1.95. The third-order valence-electron chi connectivity index (χ3n) is 3.37. The van der Waals surface area contributed by atoms with Crippen molar-refractivity contribution in [1.82, 2.24) is 4.90 Å². The molecule has 110 valence electrons. The highest BCUT2D eigenvalue weighted by Gasteiger charge is 2.08. The normalized spacial score (nSPS) is 10.8. The smallest absolute Gasteiger partial charge is 0.133 e. The van der Waals surface area contributed by atoms with Crippen molar-refractivity contribution in [2.24, 2.45) is 5.73 Å². The van der Waals surface area contributed by atoms with Crippen LogP contribution in [0.5, 0.6) is 0 Å². The second kappa shape index (κ2) is 7.29. The first-order valence-corrected chi connectivity index (χ1v) is 7.28. The molecule has 2 aromatic carbocycles. The maximum Gasteiger partial charge on any atom is 0.133 e. The van der Waals surface area contributed by atoms with Crippen LogP contribution in [-0.2, 0) is 13.0 Å². The van der Waals surface area contributed by atoms with Gasteiger partial charge in [0, 0.05) is 18.7 Å². The molecule has 0 amide bonds. The first kappa shape index (κ1) is 15.6. The molecule has 2 aromatic rings. The van der Waals surface area contributed by atoms with Crippen LogP contribution in [0, 0.1) is 5.82 Å². The molecule has 0 fully saturated rings. The van der Waals surface area contributed by atoms with Crippen molar-refractivity contribution in [3.05, 3.63) is 71.0 Å². The first-order valence-electron chi connectivity index (χ1n) is 6.87. The molecule has 2 nitrogen and oxygen atoms in total. The number of hydrogen-bond acceptors (Lipinski definition) is 2. The molecule has 0 unspecified atom stereocenters. The number of nitrogens with two attached hydrogens (primary N) is 1. The molecule has 0 heterocycles. The van der Waals surface area contributed by atoms with Gasteiger partial charge in [-0.2, -0.15) is 0 Å². The maximum atomic E-state index is 13.5. The largest absolute Gasteiger partial charge is 0.389 e. The van der Waals surface area contributed by atoms with E-state index < -0.39 is 0 Å². The van der Waals surface area contributed by atoms with Crippen LogP contribution in [0.25, 0.3) is 0 Å². The molecule has 0 aliphatic rings. The molecular formula is C17H19FN2S. The topological polar surface area (TPSA) is 29.3 Å². The lowest BCUT2D eigenvalue weighted by molar-refractivity contribution is 0.331. The summed E-state index contributed by atoms with van der Waals surface area (Å²) in [6.07, 6.45) is 0.987. The SMILES string of the molecule is CN(CCc1ccccc1)Cc1ccc(F)c(C(N)=S)c1. The lowest BCUT2D eigenvalue weighted by Gasteiger charge is -2.17. The number of halogens is 1. The molecule has 0 aromatic heterocycles. The number of likely N-dealkylation sites (N-methyl/N-ethyl adjacent to an activating group) is 1. The fourth-order valence-electron chi connectivity index (χ4n) is 2.21. The lowest BCUT2D eigenvalue weighted by atomic mass is 10.1. The van der Waals surface area contributed by atoms with E-state index in [2.05, 4.69) is 17.0 Å². The van der Waals surface area contributed by atoms with Crippen LogP contribution >= 0.6 is 12.2 Å². The third-order valence-corrected chi connectivity index (χ3v) is 3.59. The summed E-state index contributed by atoms with van der Waals surface area (Å²) in [4.78, 5) is 2.30. The van der Waals surface area contributed by atoms with E-state index in [1.165, 1.54) is 11.6 Å². The third kappa shape index (κ3) is 4.62. The van der Waals surface area contributed by atoms with Gasteiger partial charge in [-0.3, -0.25) is 0 Å². The highest BCUT2D eigenvalue weighted by atomic mass is 32.1. The van der Waals surface area contributed by atoms with Gasteiger partial charge in [-0.1, -0.05) is 48.6 Å². The minimum Gasteiger partial charge on any atom is -0.389 e. The Morgan fingerprint density at radius 3 is 2.52 bits per heavy atom. The van der Waals surface area contributed by atoms with Crippen molar-refractivity contribution in [2.75, 3.05) is 13.6 Å². The summed E-state index contributed by atoms with van der Waals surface area (Å²) in [5.74, 6) is -0.363. The molecule has 0 saturated heterocycles. The van der Waals surface area contributed by atoms with Crippen molar-refractivity contribution in [2.45, 2.75) is 13.0 Å². The van der Waals surface area contributed by atoms with Crippen LogP contribution in [0.2, 0.25) is 0 Å². The molecule has 2 N–H and O–H groups in total. The molecule has 0 aliphatic heterocycles. The van der Waals surface area contributed by atoms with Gasteiger partial charge in [-0.05, 0) is 36.7 Å². The zero-order valence-corrected chi connectivity index (χ0v) is 12.9. The zero-order chi connectivity index (χ0) is 15.2. The molecule has 0 atom stereocenters. The molecule has 0 bridgehead atoms. The van der Waals surface area contributed by atoms with Crippen molar-refractivity contribution in [1.29, 1.82) is 0 Å². The van der Waals surface area contributed by atoms with E-state index in [-0.39, 0.29) is 10.8 Å². The summed E-state index contributed by atoms with van der Waals surface area (Å²) >= 11 is 4.86. The number of benzene rings is 2. The first-order chi connectivity index (χ1) is 10.1. The van der Waals surface area contributed by atoms with Gasteiger partial charge in [0.2, 0.25) is 0 Å². The minimum absolute atomic E-state index is 0.0984. The van der Waals surface area contributed by atoms with E-state index >= 15 is 0 Å². The fourth-order valence-corrected chi connectivity index (χ4v) is 2.37. The Morgan fingerprint density at radius 1 is 1.14 bits per heavy atom. The van der Waals surface area contributed by atoms with Crippen molar-refractivity contribution >= 4 is 17.2 Å². The predicted octanol–water partition coefficient (Wildman–Crippen LogP) is 3.13. The highest BCUT2D eigenvalue weighted by Crippen LogP contribution is 2.12. The van der Waals surface area contributed by atoms with Crippen LogP contribution in [0.1, 0.15) is 16.7 Å². The molecule has 0 radical (unpaired) electrons. The molecule has 0 aliphatic carbocycles. The van der Waals surface area contributed by atoms with Gasteiger partial charge in [-0.15, -0.1) is 0 Å². The van der Waals surface area contributed by atoms with Gasteiger partial charge in [0.05, 0.1) is 0 Å². The number of rotatable bonds is 6. The van der Waals surface area contributed by atoms with Gasteiger partial charge in [0.1, 0.15) is 10.8 Å². The Hall–Kier alpha value is -1.78. The summed E-state index contributed by atoms with van der Waals surface area (Å²) in [7, 11) is 2.05. The maximum absolute atomic E-state index is 13.5. The van der Waals surface area contributed by atoms with Crippen molar-refractivity contribution in [3.63, 3.8) is 0 Å². The van der Waals surface area contributed by atoms with Crippen LogP contribution in [0.4, 0.5) is 4.39 Å². The average molecular weight is 302 g/mol. The average Bonchev–Trinajstić information content (AvgIpc) is 2.48. The Bertz CT molecular complexity index is 613. The molecule has 0 spiro atoms. The Kier molecular flexibility index (Phi) is 5.42. The van der Waals surface area contributed by atoms with Crippen molar-refractivity contribution in [3.8, 4) is 0 Å². The molecule has 0 saturated carbocycles. The predicted molar refractivity (Wildman–Crippen MR) is 88.8 cm³/mol. The Morgan fingerprint density at radius 2 is 1.86 bits per heavy atom. The van der Waals surface area contributed by atoms with E-state index in [4.69, 9.17) is 18.0 Å². The van der Waals surface area contributed by atoms with Gasteiger partial charge < -0.3 is 10.6 Å². The zero-order valence-electron chi connectivity index (χ0n) is 12.1. The molecule has 2 rings (SSSR count). The van der Waals surface area contributed by atoms with Crippen LogP contribution in [0.15, 0.2) is 48.5 Å². The van der Waals surface area contributed by atoms with E-state index in [1.807, 2.05) is 25.2 Å². The van der Waals surface area contributed by atoms with E-state index in [9.17, 15) is 4.39 Å². The van der Waals surface area contributed by atoms with Gasteiger partial charge in [0.25, 0.3) is 0 Å². The quantitative estimate of drug-likeness (QED) is 0.831. The van der Waals surface area contributed by atoms with E-state index in [1.54, 1.807) is 12.1 Å². The minimum atomic E-state index is -0.363. The summed E-state index contributed by atoms with van der Waals surface area (Å²) in [5, 5.41) is 0. The lowest BCUT2D eigenvalue weighted by Crippen LogP contribution is -2.21. The number of hydrogen-bond donors (Lipinski definition) is 1. The Labute approximate surface area is 130 Å². The highest BCUT2D eigenvalue weighted by molar-refractivity contribution is 7.80. The van der Waals surface area contributed by atoms with Crippen LogP contribution < -0.4 is 5.73 Å². The van der Waals surface area contributed by atoms with Crippen molar-refractivity contribution < 1.29 is 4.39 Å². The molecule has 21 heavy (non-hydrogen) atoms. The van der Waals surface area contributed by atoms with E-state index in [0.29, 0.717) is 5.56 Å². The molecule has 4 heteroatoms. The molecular weight excluding hydrogens is 283 g/mol. The van der Waals surface area contributed by atoms with E-state index in [0.717, 1.165) is 25.1 Å².